The van der Waals surface area contributed by atoms with E-state index in [1.807, 2.05) is 6.07 Å². The van der Waals surface area contributed by atoms with Gasteiger partial charge in [0.2, 0.25) is 0 Å². The highest BCUT2D eigenvalue weighted by molar-refractivity contribution is 6.29. The summed E-state index contributed by atoms with van der Waals surface area (Å²) < 4.78 is 0. The largest absolute Gasteiger partial charge is 0.465 e. The molecule has 114 valence electrons. The minimum atomic E-state index is -0.818. The molecule has 1 aromatic rings. The van der Waals surface area contributed by atoms with Crippen LogP contribution in [0.1, 0.15) is 27.2 Å². The Morgan fingerprint density at radius 2 is 2.19 bits per heavy atom. The summed E-state index contributed by atoms with van der Waals surface area (Å²) in [5, 5.41) is 10.0. The van der Waals surface area contributed by atoms with Crippen LogP contribution in [0.5, 0.6) is 0 Å². The van der Waals surface area contributed by atoms with Crippen molar-refractivity contribution in [2.75, 3.05) is 18.0 Å². The molecule has 2 aliphatic rings. The molecule has 21 heavy (non-hydrogen) atoms. The van der Waals surface area contributed by atoms with Crippen molar-refractivity contribution in [1.82, 2.24) is 9.88 Å². The van der Waals surface area contributed by atoms with E-state index in [4.69, 9.17) is 11.6 Å². The topological polar surface area (TPSA) is 56.7 Å². The van der Waals surface area contributed by atoms with Gasteiger partial charge in [-0.05, 0) is 24.0 Å². The maximum Gasteiger partial charge on any atom is 0.407 e. The molecule has 2 fully saturated rings. The van der Waals surface area contributed by atoms with Gasteiger partial charge in [-0.1, -0.05) is 32.4 Å². The van der Waals surface area contributed by atoms with Crippen LogP contribution < -0.4 is 4.90 Å². The van der Waals surface area contributed by atoms with Gasteiger partial charge < -0.3 is 10.0 Å². The molecular formula is C15H20ClN3O2. The van der Waals surface area contributed by atoms with Crippen LogP contribution in [-0.2, 0) is 0 Å². The molecule has 2 atom stereocenters. The van der Waals surface area contributed by atoms with Gasteiger partial charge in [-0.25, -0.2) is 9.78 Å². The Balaban J connectivity index is 1.93. The molecule has 3 rings (SSSR count). The molecule has 2 saturated heterocycles. The number of carboxylic acid groups (broad SMARTS) is 1. The Bertz CT molecular complexity index is 569. The zero-order valence-corrected chi connectivity index (χ0v) is 13.3. The van der Waals surface area contributed by atoms with E-state index in [9.17, 15) is 9.90 Å². The third-order valence-corrected chi connectivity index (χ3v) is 5.24. The van der Waals surface area contributed by atoms with E-state index in [-0.39, 0.29) is 17.0 Å². The zero-order valence-electron chi connectivity index (χ0n) is 12.5. The van der Waals surface area contributed by atoms with Gasteiger partial charge in [-0.3, -0.25) is 4.90 Å². The van der Waals surface area contributed by atoms with Crippen molar-refractivity contribution in [3.63, 3.8) is 0 Å². The first kappa shape index (κ1) is 14.4. The Morgan fingerprint density at radius 3 is 2.71 bits per heavy atom. The number of likely N-dealkylation sites (tertiary alicyclic amines) is 1. The number of pyridine rings is 1. The molecule has 1 N–H and O–H groups in total. The Labute approximate surface area is 129 Å². The summed E-state index contributed by atoms with van der Waals surface area (Å²) in [5.41, 5.74) is 0.581. The fourth-order valence-electron chi connectivity index (χ4n) is 3.95. The monoisotopic (exact) mass is 309 g/mol. The summed E-state index contributed by atoms with van der Waals surface area (Å²) in [6, 6.07) is 3.93. The number of hydrogen-bond donors (Lipinski definition) is 1. The van der Waals surface area contributed by atoms with E-state index < -0.39 is 6.09 Å². The van der Waals surface area contributed by atoms with Crippen LogP contribution in [0.4, 0.5) is 10.5 Å². The average molecular weight is 310 g/mol. The normalized spacial score (nSPS) is 28.3. The van der Waals surface area contributed by atoms with Crippen LogP contribution in [0.3, 0.4) is 0 Å². The van der Waals surface area contributed by atoms with Gasteiger partial charge in [0.15, 0.2) is 0 Å². The van der Waals surface area contributed by atoms with Gasteiger partial charge >= 0.3 is 6.09 Å². The highest BCUT2D eigenvalue weighted by Crippen LogP contribution is 2.53. The van der Waals surface area contributed by atoms with Crippen molar-refractivity contribution < 1.29 is 9.90 Å². The summed E-state index contributed by atoms with van der Waals surface area (Å²) in [4.78, 5) is 19.6. The molecule has 3 heterocycles. The summed E-state index contributed by atoms with van der Waals surface area (Å²) in [6.07, 6.45) is 1.80. The third kappa shape index (κ3) is 1.90. The maximum atomic E-state index is 11.6. The number of carbonyl (C=O) groups is 1. The molecule has 5 nitrogen and oxygen atoms in total. The van der Waals surface area contributed by atoms with Gasteiger partial charge in [0.25, 0.3) is 0 Å². The van der Waals surface area contributed by atoms with E-state index >= 15 is 0 Å². The third-order valence-electron chi connectivity index (χ3n) is 5.02. The van der Waals surface area contributed by atoms with Crippen molar-refractivity contribution in [3.05, 3.63) is 23.5 Å². The van der Waals surface area contributed by atoms with Crippen molar-refractivity contribution in [2.24, 2.45) is 5.41 Å². The first-order chi connectivity index (χ1) is 9.77. The second kappa shape index (κ2) is 4.50. The molecule has 0 bridgehead atoms. The summed E-state index contributed by atoms with van der Waals surface area (Å²) >= 11 is 5.84. The molecule has 2 aliphatic heterocycles. The lowest BCUT2D eigenvalue weighted by Gasteiger charge is -2.63. The van der Waals surface area contributed by atoms with Gasteiger partial charge in [-0.15, -0.1) is 0 Å². The number of aromatic nitrogens is 1. The molecule has 0 radical (unpaired) electrons. The van der Waals surface area contributed by atoms with Crippen molar-refractivity contribution in [3.8, 4) is 0 Å². The molecule has 0 spiro atoms. The van der Waals surface area contributed by atoms with Crippen LogP contribution in [0, 0.1) is 5.41 Å². The number of nitrogens with zero attached hydrogens (tertiary/aromatic N) is 3. The minimum Gasteiger partial charge on any atom is -0.465 e. The van der Waals surface area contributed by atoms with Crippen molar-refractivity contribution in [2.45, 2.75) is 38.8 Å². The summed E-state index contributed by atoms with van der Waals surface area (Å²) in [5.74, 6) is 0. The van der Waals surface area contributed by atoms with Crippen LogP contribution in [0.15, 0.2) is 18.3 Å². The zero-order chi connectivity index (χ0) is 15.4. The fourth-order valence-corrected chi connectivity index (χ4v) is 4.06. The Morgan fingerprint density at radius 1 is 1.48 bits per heavy atom. The fraction of sp³-hybridized carbons (Fsp3) is 0.600. The first-order valence-electron chi connectivity index (χ1n) is 7.16. The summed E-state index contributed by atoms with van der Waals surface area (Å²) in [7, 11) is 0. The number of halogens is 1. The van der Waals surface area contributed by atoms with Crippen LogP contribution in [0.25, 0.3) is 0 Å². The first-order valence-corrected chi connectivity index (χ1v) is 7.54. The SMILES string of the molecule is CC(C)(C)[C@@]12CN(c3ccc(Cl)nc3)[C@@H]1CCN2C(=O)O. The molecule has 0 unspecified atom stereocenters. The molecule has 0 aromatic carbocycles. The Kier molecular flexibility index (Phi) is 3.10. The highest BCUT2D eigenvalue weighted by Gasteiger charge is 2.66. The predicted octanol–water partition coefficient (Wildman–Crippen LogP) is 3.09. The molecular weight excluding hydrogens is 290 g/mol. The average Bonchev–Trinajstić information content (AvgIpc) is 2.66. The molecule has 1 amide bonds. The van der Waals surface area contributed by atoms with Crippen molar-refractivity contribution >= 4 is 23.4 Å². The van der Waals surface area contributed by atoms with E-state index in [0.29, 0.717) is 18.2 Å². The van der Waals surface area contributed by atoms with E-state index in [1.165, 1.54) is 0 Å². The van der Waals surface area contributed by atoms with Crippen LogP contribution in [0.2, 0.25) is 5.15 Å². The second-order valence-corrected chi connectivity index (χ2v) is 7.27. The standard InChI is InChI=1S/C15H20ClN3O2/c1-14(2,3)15-9-18(10-4-5-12(16)17-8-10)11(15)6-7-19(15)13(20)21/h4-5,8,11H,6-7,9H2,1-3H3,(H,20,21)/t11-,15-/m1/s1. The van der Waals surface area contributed by atoms with Crippen molar-refractivity contribution in [1.29, 1.82) is 0 Å². The smallest absolute Gasteiger partial charge is 0.407 e. The lowest BCUT2D eigenvalue weighted by molar-refractivity contribution is -0.0102. The number of fused-ring (bicyclic) bond motifs is 1. The Hall–Kier alpha value is -1.49. The van der Waals surface area contributed by atoms with Crippen LogP contribution in [-0.4, -0.2) is 45.8 Å². The van der Waals surface area contributed by atoms with E-state index in [2.05, 4.69) is 30.7 Å². The van der Waals surface area contributed by atoms with Crippen LogP contribution >= 0.6 is 11.6 Å². The molecule has 6 heteroatoms. The van der Waals surface area contributed by atoms with E-state index in [0.717, 1.165) is 12.1 Å². The highest BCUT2D eigenvalue weighted by atomic mass is 35.5. The van der Waals surface area contributed by atoms with Gasteiger partial charge in [0, 0.05) is 13.1 Å². The lowest BCUT2D eigenvalue weighted by atomic mass is 9.63. The molecule has 0 aliphatic carbocycles. The number of anilines is 1. The quantitative estimate of drug-likeness (QED) is 0.810. The molecule has 1 aromatic heterocycles. The van der Waals surface area contributed by atoms with Gasteiger partial charge in [0.1, 0.15) is 5.15 Å². The lowest BCUT2D eigenvalue weighted by Crippen LogP contribution is -2.78. The number of rotatable bonds is 1. The second-order valence-electron chi connectivity index (χ2n) is 6.88. The van der Waals surface area contributed by atoms with Gasteiger partial charge in [-0.2, -0.15) is 0 Å². The van der Waals surface area contributed by atoms with E-state index in [1.54, 1.807) is 17.2 Å². The predicted molar refractivity (Wildman–Crippen MR) is 81.9 cm³/mol. The number of hydrogen-bond acceptors (Lipinski definition) is 3. The molecule has 0 saturated carbocycles. The maximum absolute atomic E-state index is 11.6. The minimum absolute atomic E-state index is 0.108. The number of amides is 1. The van der Waals surface area contributed by atoms with Gasteiger partial charge in [0.05, 0.1) is 23.5 Å². The summed E-state index contributed by atoms with van der Waals surface area (Å²) in [6.45, 7) is 7.67.